The van der Waals surface area contributed by atoms with Crippen molar-refractivity contribution in [3.8, 4) is 0 Å². The first-order chi connectivity index (χ1) is 48.7. The van der Waals surface area contributed by atoms with Crippen molar-refractivity contribution in [2.24, 2.45) is 0 Å². The SMILES string of the molecule is CCCCC/C=C\C/C=C\C/C=C\C/C=C\CCCC(=O)OC[C@H](COP(=O)(O)OC[C@@H](O)COP(=O)(O)OC[C@@H](COC(=O)CCCCCCC/C=C\CCCCCCCC)OC(=O)CCCCCCC/C=C\CCCCCC)OC(=O)CCCCCCCCC/C=C\CCCCCC. The van der Waals surface area contributed by atoms with Gasteiger partial charge < -0.3 is 33.8 Å². The molecule has 0 aromatic heterocycles. The molecule has 17 nitrogen and oxygen atoms in total. The van der Waals surface area contributed by atoms with Crippen molar-refractivity contribution in [1.29, 1.82) is 0 Å². The minimum atomic E-state index is -4.99. The second kappa shape index (κ2) is 73.5. The first-order valence-electron chi connectivity index (χ1n) is 39.8. The Morgan fingerprint density at radius 2 is 0.500 bits per heavy atom. The molecule has 0 spiro atoms. The average Bonchev–Trinajstić information content (AvgIpc) is 1.06. The number of carbonyl (C=O) groups is 4. The number of hydrogen-bond acceptors (Lipinski definition) is 15. The quantitative estimate of drug-likeness (QED) is 0.0169. The number of aliphatic hydroxyl groups is 1. The predicted octanol–water partition coefficient (Wildman–Crippen LogP) is 23.0. The third kappa shape index (κ3) is 72.6. The van der Waals surface area contributed by atoms with Crippen molar-refractivity contribution in [2.75, 3.05) is 39.6 Å². The predicted molar refractivity (Wildman–Crippen MR) is 409 cm³/mol. The van der Waals surface area contributed by atoms with Gasteiger partial charge in [-0.05, 0) is 141 Å². The Morgan fingerprint density at radius 3 is 0.830 bits per heavy atom. The maximum absolute atomic E-state index is 13.1. The molecule has 0 saturated carbocycles. The highest BCUT2D eigenvalue weighted by Crippen LogP contribution is 2.45. The normalized spacial score (nSPS) is 14.3. The minimum absolute atomic E-state index is 0.0795. The third-order valence-corrected chi connectivity index (χ3v) is 18.7. The second-order valence-electron chi connectivity index (χ2n) is 26.6. The van der Waals surface area contributed by atoms with Gasteiger partial charge in [-0.3, -0.25) is 37.3 Å². The molecule has 0 amide bonds. The highest BCUT2D eigenvalue weighted by atomic mass is 31.2. The van der Waals surface area contributed by atoms with Gasteiger partial charge in [0.05, 0.1) is 26.4 Å². The van der Waals surface area contributed by atoms with Crippen LogP contribution in [0.4, 0.5) is 0 Å². The summed E-state index contributed by atoms with van der Waals surface area (Å²) in [6, 6.07) is 0. The van der Waals surface area contributed by atoms with Crippen LogP contribution in [0.2, 0.25) is 0 Å². The van der Waals surface area contributed by atoms with E-state index in [1.165, 1.54) is 109 Å². The molecule has 0 aromatic rings. The fourth-order valence-corrected chi connectivity index (χ4v) is 12.2. The molecular weight excluding hydrogens is 1310 g/mol. The van der Waals surface area contributed by atoms with E-state index >= 15 is 0 Å². The maximum atomic E-state index is 13.1. The summed E-state index contributed by atoms with van der Waals surface area (Å²) in [6.07, 6.45) is 75.7. The van der Waals surface area contributed by atoms with Gasteiger partial charge >= 0.3 is 39.5 Å². The van der Waals surface area contributed by atoms with E-state index in [1.54, 1.807) is 0 Å². The van der Waals surface area contributed by atoms with Crippen molar-refractivity contribution in [3.05, 3.63) is 85.1 Å². The Hall–Kier alpha value is -3.76. The summed E-state index contributed by atoms with van der Waals surface area (Å²) in [4.78, 5) is 72.9. The van der Waals surface area contributed by atoms with E-state index in [9.17, 15) is 43.2 Å². The van der Waals surface area contributed by atoms with E-state index in [0.29, 0.717) is 32.1 Å². The highest BCUT2D eigenvalue weighted by Gasteiger charge is 2.30. The fraction of sp³-hybridized carbons (Fsp3) is 0.778. The molecule has 3 N–H and O–H groups in total. The number of carbonyl (C=O) groups excluding carboxylic acids is 4. The number of rotatable bonds is 75. The Bertz CT molecular complexity index is 2230. The smallest absolute Gasteiger partial charge is 0.462 e. The molecule has 5 atom stereocenters. The van der Waals surface area contributed by atoms with E-state index in [4.69, 9.17) is 37.0 Å². The number of aliphatic hydroxyl groups excluding tert-OH is 1. The van der Waals surface area contributed by atoms with E-state index in [1.807, 2.05) is 12.2 Å². The van der Waals surface area contributed by atoms with Gasteiger partial charge in [-0.25, -0.2) is 9.13 Å². The first kappa shape index (κ1) is 96.2. The lowest BCUT2D eigenvalue weighted by Crippen LogP contribution is -2.30. The average molecular weight is 1450 g/mol. The van der Waals surface area contributed by atoms with Gasteiger partial charge in [0.1, 0.15) is 19.3 Å². The largest absolute Gasteiger partial charge is 0.472 e. The number of ether oxygens (including phenoxy) is 4. The lowest BCUT2D eigenvalue weighted by atomic mass is 10.1. The van der Waals surface area contributed by atoms with Gasteiger partial charge in [-0.2, -0.15) is 0 Å². The molecule has 0 heterocycles. The molecule has 0 rings (SSSR count). The van der Waals surface area contributed by atoms with Gasteiger partial charge in [-0.15, -0.1) is 0 Å². The van der Waals surface area contributed by atoms with Crippen LogP contribution in [0.1, 0.15) is 349 Å². The zero-order valence-corrected chi connectivity index (χ0v) is 65.2. The maximum Gasteiger partial charge on any atom is 0.472 e. The number of phosphoric ester groups is 2. The van der Waals surface area contributed by atoms with E-state index < -0.39 is 97.5 Å². The van der Waals surface area contributed by atoms with Gasteiger partial charge in [0.25, 0.3) is 0 Å². The molecule has 0 aliphatic carbocycles. The number of esters is 4. The molecule has 580 valence electrons. The monoisotopic (exact) mass is 1450 g/mol. The molecule has 2 unspecified atom stereocenters. The number of phosphoric acid groups is 2. The van der Waals surface area contributed by atoms with Gasteiger partial charge in [0.2, 0.25) is 0 Å². The first-order valence-corrected chi connectivity index (χ1v) is 42.8. The van der Waals surface area contributed by atoms with Crippen molar-refractivity contribution in [1.82, 2.24) is 0 Å². The van der Waals surface area contributed by atoms with E-state index in [2.05, 4.69) is 101 Å². The van der Waals surface area contributed by atoms with Crippen LogP contribution in [0.25, 0.3) is 0 Å². The second-order valence-corrected chi connectivity index (χ2v) is 29.5. The summed E-state index contributed by atoms with van der Waals surface area (Å²) in [7, 11) is -9.96. The molecule has 0 aromatic carbocycles. The summed E-state index contributed by atoms with van der Waals surface area (Å²) >= 11 is 0. The van der Waals surface area contributed by atoms with Gasteiger partial charge in [-0.1, -0.05) is 267 Å². The molecule has 0 aliphatic rings. The van der Waals surface area contributed by atoms with Crippen molar-refractivity contribution >= 4 is 39.5 Å². The van der Waals surface area contributed by atoms with E-state index in [0.717, 1.165) is 154 Å². The van der Waals surface area contributed by atoms with Crippen molar-refractivity contribution < 1.29 is 80.2 Å². The van der Waals surface area contributed by atoms with E-state index in [-0.39, 0.29) is 25.7 Å². The lowest BCUT2D eigenvalue weighted by Gasteiger charge is -2.21. The summed E-state index contributed by atoms with van der Waals surface area (Å²) in [5.74, 6) is -2.24. The van der Waals surface area contributed by atoms with Crippen LogP contribution in [0.15, 0.2) is 85.1 Å². The molecular formula is C81H144O17P2. The minimum Gasteiger partial charge on any atom is -0.462 e. The summed E-state index contributed by atoms with van der Waals surface area (Å²) in [5.41, 5.74) is 0. The Balaban J connectivity index is 5.39. The Labute approximate surface area is 608 Å². The molecule has 0 radical (unpaired) electrons. The molecule has 0 fully saturated rings. The number of unbranched alkanes of at least 4 members (excludes halogenated alkanes) is 35. The lowest BCUT2D eigenvalue weighted by molar-refractivity contribution is -0.161. The Kier molecular flexibility index (Phi) is 70.8. The topological polar surface area (TPSA) is 237 Å². The summed E-state index contributed by atoms with van der Waals surface area (Å²) < 4.78 is 68.5. The fourth-order valence-electron chi connectivity index (χ4n) is 10.7. The zero-order chi connectivity index (χ0) is 73.2. The van der Waals surface area contributed by atoms with Crippen LogP contribution in [0.3, 0.4) is 0 Å². The van der Waals surface area contributed by atoms with Crippen LogP contribution in [-0.2, 0) is 65.4 Å². The van der Waals surface area contributed by atoms with Gasteiger partial charge in [0, 0.05) is 25.7 Å². The third-order valence-electron chi connectivity index (χ3n) is 16.8. The van der Waals surface area contributed by atoms with Crippen LogP contribution in [0.5, 0.6) is 0 Å². The van der Waals surface area contributed by atoms with Crippen LogP contribution in [-0.4, -0.2) is 96.7 Å². The molecule has 0 saturated heterocycles. The molecule has 0 aliphatic heterocycles. The molecule has 100 heavy (non-hydrogen) atoms. The summed E-state index contributed by atoms with van der Waals surface area (Å²) in [5, 5.41) is 10.6. The molecule has 19 heteroatoms. The Morgan fingerprint density at radius 1 is 0.280 bits per heavy atom. The highest BCUT2D eigenvalue weighted by molar-refractivity contribution is 7.47. The summed E-state index contributed by atoms with van der Waals surface area (Å²) in [6.45, 7) is 4.77. The number of allylic oxidation sites excluding steroid dienone is 14. The van der Waals surface area contributed by atoms with Crippen LogP contribution < -0.4 is 0 Å². The number of hydrogen-bond donors (Lipinski definition) is 3. The zero-order valence-electron chi connectivity index (χ0n) is 63.4. The standard InChI is InChI=1S/C81H144O17P2/c1-5-9-13-17-21-25-29-33-36-37-40-43-46-50-54-58-62-66-79(84)92-72-77(98-81(86)68-64-60-56-52-48-44-39-35-31-27-23-19-15-11-7-3)74-96-100(89,90)94-70-75(82)69-93-99(87,88)95-73-76(97-80(85)67-63-59-55-51-47-41-32-28-24-20-16-12-8-4)71-91-78(83)65-61-57-53-49-45-42-38-34-30-26-22-18-14-10-6-2/h21,25,27-28,31-34,36,38,40,43,50,54,75-77,82H,5-20,22-24,26,29-30,35,37,39,41-42,44-49,51-53,55-74H2,1-4H3,(H,87,88)(H,89,90)/b25-21-,31-27-,32-28-,36-33-,38-34-,43-40-,54-50-/t75-,76+,77+/m0/s1. The van der Waals surface area contributed by atoms with Crippen molar-refractivity contribution in [2.45, 2.75) is 367 Å². The van der Waals surface area contributed by atoms with Gasteiger partial charge in [0.15, 0.2) is 12.2 Å². The van der Waals surface area contributed by atoms with Crippen LogP contribution >= 0.6 is 15.6 Å². The van der Waals surface area contributed by atoms with Crippen LogP contribution in [0, 0.1) is 0 Å². The molecule has 0 bridgehead atoms. The van der Waals surface area contributed by atoms with Crippen molar-refractivity contribution in [3.63, 3.8) is 0 Å².